The van der Waals surface area contributed by atoms with E-state index >= 15 is 0 Å². The molecule has 1 fully saturated rings. The van der Waals surface area contributed by atoms with Gasteiger partial charge in [0.05, 0.1) is 18.3 Å². The number of halogens is 1. The van der Waals surface area contributed by atoms with E-state index in [2.05, 4.69) is 20.5 Å². The lowest BCUT2D eigenvalue weighted by Crippen LogP contribution is -2.44. The second kappa shape index (κ2) is 10.7. The number of hydrogen-bond acceptors (Lipinski definition) is 4. The molecule has 0 saturated carbocycles. The number of nitrogens with one attached hydrogen (secondary N) is 2. The normalized spacial score (nSPS) is 17.3. The smallest absolute Gasteiger partial charge is 0.407 e. The van der Waals surface area contributed by atoms with E-state index in [0.29, 0.717) is 13.1 Å². The molecule has 0 aromatic carbocycles. The molecule has 0 spiro atoms. The van der Waals surface area contributed by atoms with E-state index in [9.17, 15) is 4.79 Å². The third-order valence-corrected chi connectivity index (χ3v) is 4.04. The number of aryl methyl sites for hydroxylation is 1. The van der Waals surface area contributed by atoms with Crippen LogP contribution in [0.4, 0.5) is 4.79 Å². The third kappa shape index (κ3) is 7.90. The Hall–Kier alpha value is -1.58. The maximum Gasteiger partial charge on any atom is 0.407 e. The zero-order chi connectivity index (χ0) is 19.2. The van der Waals surface area contributed by atoms with Crippen molar-refractivity contribution in [3.8, 4) is 0 Å². The van der Waals surface area contributed by atoms with E-state index in [-0.39, 0.29) is 36.1 Å². The predicted molar refractivity (Wildman–Crippen MR) is 119 cm³/mol. The lowest BCUT2D eigenvalue weighted by Gasteiger charge is -2.23. The lowest BCUT2D eigenvalue weighted by molar-refractivity contribution is 0.0507. The van der Waals surface area contributed by atoms with Gasteiger partial charge < -0.3 is 20.3 Å². The molecule has 1 unspecified atom stereocenters. The van der Waals surface area contributed by atoms with E-state index in [0.717, 1.165) is 36.7 Å². The van der Waals surface area contributed by atoms with Gasteiger partial charge in [0, 0.05) is 25.8 Å². The first-order valence-corrected chi connectivity index (χ1v) is 9.21. The van der Waals surface area contributed by atoms with Gasteiger partial charge in [-0.25, -0.2) is 9.79 Å². The van der Waals surface area contributed by atoms with Crippen LogP contribution in [0.3, 0.4) is 0 Å². The number of aliphatic imine (C=N–C) groups is 1. The van der Waals surface area contributed by atoms with Gasteiger partial charge in [0.1, 0.15) is 5.60 Å². The van der Waals surface area contributed by atoms with E-state index < -0.39 is 5.60 Å². The predicted octanol–water partition coefficient (Wildman–Crippen LogP) is 3.07. The second-order valence-corrected chi connectivity index (χ2v) is 7.52. The quantitative estimate of drug-likeness (QED) is 0.386. The van der Waals surface area contributed by atoms with Crippen molar-refractivity contribution in [3.63, 3.8) is 0 Å². The van der Waals surface area contributed by atoms with Gasteiger partial charge in [0.2, 0.25) is 0 Å². The van der Waals surface area contributed by atoms with Crippen molar-refractivity contribution in [2.24, 2.45) is 4.99 Å². The summed E-state index contributed by atoms with van der Waals surface area (Å²) in [7, 11) is 0. The van der Waals surface area contributed by atoms with E-state index in [1.807, 2.05) is 46.8 Å². The van der Waals surface area contributed by atoms with Crippen LogP contribution in [0.15, 0.2) is 23.3 Å². The summed E-state index contributed by atoms with van der Waals surface area (Å²) >= 11 is 0. The van der Waals surface area contributed by atoms with Gasteiger partial charge in [-0.05, 0) is 52.7 Å². The summed E-state index contributed by atoms with van der Waals surface area (Å²) in [6.07, 6.45) is 2.30. The zero-order valence-electron chi connectivity index (χ0n) is 16.9. The van der Waals surface area contributed by atoms with Crippen LogP contribution in [-0.2, 0) is 11.3 Å². The first kappa shape index (κ1) is 23.5. The fourth-order valence-corrected chi connectivity index (χ4v) is 2.80. The SMILES string of the molecule is CCNC(=NCc1ncccc1C)N1CCC(NC(=O)OC(C)(C)C)C1.I. The topological polar surface area (TPSA) is 78.9 Å². The molecule has 1 saturated heterocycles. The summed E-state index contributed by atoms with van der Waals surface area (Å²) < 4.78 is 5.34. The van der Waals surface area contributed by atoms with Crippen molar-refractivity contribution in [3.05, 3.63) is 29.6 Å². The highest BCUT2D eigenvalue weighted by molar-refractivity contribution is 14.0. The average Bonchev–Trinajstić information content (AvgIpc) is 2.99. The standard InChI is InChI=1S/C19H31N5O2.HI/c1-6-20-17(22-12-16-14(2)8-7-10-21-16)24-11-9-15(13-24)23-18(25)26-19(3,4)5;/h7-8,10,15H,6,9,11-13H2,1-5H3,(H,20,22)(H,23,25);1H. The molecule has 1 atom stereocenters. The van der Waals surface area contributed by atoms with Crippen LogP contribution < -0.4 is 10.6 Å². The molecular formula is C19H32IN5O2. The van der Waals surface area contributed by atoms with Crippen LogP contribution in [0.1, 0.15) is 45.4 Å². The number of pyridine rings is 1. The largest absolute Gasteiger partial charge is 0.444 e. The first-order chi connectivity index (χ1) is 12.3. The van der Waals surface area contributed by atoms with E-state index in [4.69, 9.17) is 9.73 Å². The number of ether oxygens (including phenoxy) is 1. The summed E-state index contributed by atoms with van der Waals surface area (Å²) in [5.41, 5.74) is 1.63. The van der Waals surface area contributed by atoms with Crippen molar-refractivity contribution in [2.45, 2.75) is 59.2 Å². The second-order valence-electron chi connectivity index (χ2n) is 7.52. The van der Waals surface area contributed by atoms with Crippen LogP contribution in [0, 0.1) is 6.92 Å². The number of likely N-dealkylation sites (tertiary alicyclic amines) is 1. The average molecular weight is 489 g/mol. The van der Waals surface area contributed by atoms with Crippen molar-refractivity contribution in [1.82, 2.24) is 20.5 Å². The minimum Gasteiger partial charge on any atom is -0.444 e. The van der Waals surface area contributed by atoms with Crippen LogP contribution in [0.2, 0.25) is 0 Å². The fraction of sp³-hybridized carbons (Fsp3) is 0.632. The molecule has 8 heteroatoms. The maximum absolute atomic E-state index is 12.0. The van der Waals surface area contributed by atoms with Crippen molar-refractivity contribution in [2.75, 3.05) is 19.6 Å². The Morgan fingerprint density at radius 3 is 2.81 bits per heavy atom. The van der Waals surface area contributed by atoms with Gasteiger partial charge in [0.25, 0.3) is 0 Å². The maximum atomic E-state index is 12.0. The van der Waals surface area contributed by atoms with Crippen LogP contribution in [0.5, 0.6) is 0 Å². The van der Waals surface area contributed by atoms with E-state index in [1.54, 1.807) is 6.20 Å². The molecule has 1 aromatic rings. The van der Waals surface area contributed by atoms with Gasteiger partial charge in [-0.3, -0.25) is 4.98 Å². The fourth-order valence-electron chi connectivity index (χ4n) is 2.80. The van der Waals surface area contributed by atoms with Crippen molar-refractivity contribution < 1.29 is 9.53 Å². The van der Waals surface area contributed by atoms with Gasteiger partial charge in [-0.15, -0.1) is 24.0 Å². The molecule has 152 valence electrons. The highest BCUT2D eigenvalue weighted by Gasteiger charge is 2.27. The summed E-state index contributed by atoms with van der Waals surface area (Å²) in [5, 5.41) is 6.28. The Morgan fingerprint density at radius 1 is 1.44 bits per heavy atom. The summed E-state index contributed by atoms with van der Waals surface area (Å²) in [4.78, 5) is 23.3. The molecule has 7 nitrogen and oxygen atoms in total. The summed E-state index contributed by atoms with van der Waals surface area (Å²) in [5.74, 6) is 0.853. The Bertz CT molecular complexity index is 645. The molecule has 1 amide bonds. The number of carbonyl (C=O) groups is 1. The number of amides is 1. The molecule has 1 aromatic heterocycles. The lowest BCUT2D eigenvalue weighted by atomic mass is 10.2. The Kier molecular flexibility index (Phi) is 9.28. The molecule has 2 rings (SSSR count). The highest BCUT2D eigenvalue weighted by Crippen LogP contribution is 2.13. The minimum absolute atomic E-state index is 0. The number of carbonyl (C=O) groups excluding carboxylic acids is 1. The van der Waals surface area contributed by atoms with Crippen LogP contribution >= 0.6 is 24.0 Å². The van der Waals surface area contributed by atoms with Crippen molar-refractivity contribution in [1.29, 1.82) is 0 Å². The number of nitrogens with zero attached hydrogens (tertiary/aromatic N) is 3. The molecule has 0 radical (unpaired) electrons. The molecule has 2 heterocycles. The Labute approximate surface area is 179 Å². The van der Waals surface area contributed by atoms with Gasteiger partial charge in [-0.1, -0.05) is 6.07 Å². The summed E-state index contributed by atoms with van der Waals surface area (Å²) in [6, 6.07) is 4.04. The van der Waals surface area contributed by atoms with Crippen molar-refractivity contribution >= 4 is 36.0 Å². The number of rotatable bonds is 4. The van der Waals surface area contributed by atoms with Gasteiger partial charge in [0.15, 0.2) is 5.96 Å². The Morgan fingerprint density at radius 2 is 2.19 bits per heavy atom. The molecule has 2 N–H and O–H groups in total. The first-order valence-electron chi connectivity index (χ1n) is 9.21. The summed E-state index contributed by atoms with van der Waals surface area (Å²) in [6.45, 7) is 12.6. The third-order valence-electron chi connectivity index (χ3n) is 4.04. The molecular weight excluding hydrogens is 457 g/mol. The zero-order valence-corrected chi connectivity index (χ0v) is 19.2. The number of guanidine groups is 1. The molecule has 0 aliphatic carbocycles. The Balaban J connectivity index is 0.00000364. The van der Waals surface area contributed by atoms with Gasteiger partial charge >= 0.3 is 6.09 Å². The monoisotopic (exact) mass is 489 g/mol. The number of alkyl carbamates (subject to hydrolysis) is 1. The van der Waals surface area contributed by atoms with E-state index in [1.165, 1.54) is 0 Å². The highest BCUT2D eigenvalue weighted by atomic mass is 127. The van der Waals surface area contributed by atoms with Crippen LogP contribution in [0.25, 0.3) is 0 Å². The number of aromatic nitrogens is 1. The molecule has 27 heavy (non-hydrogen) atoms. The number of hydrogen-bond donors (Lipinski definition) is 2. The van der Waals surface area contributed by atoms with Gasteiger partial charge in [-0.2, -0.15) is 0 Å². The molecule has 1 aliphatic heterocycles. The molecule has 0 bridgehead atoms. The van der Waals surface area contributed by atoms with Crippen LogP contribution in [-0.4, -0.2) is 53.2 Å². The minimum atomic E-state index is -0.487. The molecule has 1 aliphatic rings.